The Hall–Kier alpha value is -1.27. The van der Waals surface area contributed by atoms with Crippen LogP contribution in [0.2, 0.25) is 0 Å². The Morgan fingerprint density at radius 1 is 1.14 bits per heavy atom. The number of rotatable bonds is 5. The van der Waals surface area contributed by atoms with E-state index in [0.29, 0.717) is 24.3 Å². The predicted molar refractivity (Wildman–Crippen MR) is 116 cm³/mol. The number of carbonyl (C=O) groups excluding carboxylic acids is 1. The summed E-state index contributed by atoms with van der Waals surface area (Å²) in [4.78, 5) is 15.2. The standard InChI is InChI=1S/C22H34N4OS/c1-2-11-26-20-10-9-18(23-17-7-5-3-4-6-8-17)16-19(20)21(24-26)22(27)25-12-14-28-15-13-25/h2,17-18,23H,1,3-16H2. The maximum Gasteiger partial charge on any atom is 0.274 e. The fraction of sp³-hybridized carbons (Fsp3) is 0.727. The number of fused-ring (bicyclic) bond motifs is 1. The summed E-state index contributed by atoms with van der Waals surface area (Å²) in [6.45, 7) is 6.25. The summed E-state index contributed by atoms with van der Waals surface area (Å²) in [6, 6.07) is 1.12. The highest BCUT2D eigenvalue weighted by molar-refractivity contribution is 7.99. The number of amides is 1. The van der Waals surface area contributed by atoms with Crippen LogP contribution < -0.4 is 5.32 Å². The van der Waals surface area contributed by atoms with Crippen LogP contribution in [0.3, 0.4) is 0 Å². The van der Waals surface area contributed by atoms with Crippen LogP contribution in [0.5, 0.6) is 0 Å². The molecule has 6 heteroatoms. The van der Waals surface area contributed by atoms with Crippen LogP contribution in [-0.4, -0.2) is 57.3 Å². The van der Waals surface area contributed by atoms with Crippen molar-refractivity contribution in [2.75, 3.05) is 24.6 Å². The highest BCUT2D eigenvalue weighted by Gasteiger charge is 2.32. The van der Waals surface area contributed by atoms with Gasteiger partial charge >= 0.3 is 0 Å². The number of hydrogen-bond donors (Lipinski definition) is 1. The van der Waals surface area contributed by atoms with Crippen LogP contribution in [0.4, 0.5) is 0 Å². The van der Waals surface area contributed by atoms with Crippen molar-refractivity contribution in [3.8, 4) is 0 Å². The van der Waals surface area contributed by atoms with E-state index >= 15 is 0 Å². The molecule has 1 aromatic heterocycles. The minimum absolute atomic E-state index is 0.134. The van der Waals surface area contributed by atoms with Gasteiger partial charge in [-0.1, -0.05) is 31.8 Å². The van der Waals surface area contributed by atoms with Gasteiger partial charge in [-0.25, -0.2) is 0 Å². The van der Waals surface area contributed by atoms with E-state index in [4.69, 9.17) is 5.10 Å². The number of thioether (sulfide) groups is 1. The Morgan fingerprint density at radius 2 is 1.89 bits per heavy atom. The molecule has 1 aromatic rings. The topological polar surface area (TPSA) is 50.2 Å². The molecule has 5 nitrogen and oxygen atoms in total. The number of nitrogens with zero attached hydrogens (tertiary/aromatic N) is 3. The molecule has 0 spiro atoms. The number of allylic oxidation sites excluding steroid dienone is 1. The number of hydrogen-bond acceptors (Lipinski definition) is 4. The van der Waals surface area contributed by atoms with Gasteiger partial charge in [0.15, 0.2) is 5.69 Å². The van der Waals surface area contributed by atoms with Gasteiger partial charge < -0.3 is 10.2 Å². The molecule has 2 aliphatic carbocycles. The highest BCUT2D eigenvalue weighted by Crippen LogP contribution is 2.28. The SMILES string of the molecule is C=CCn1nc(C(=O)N2CCSCC2)c2c1CCC(NC1CCCCCC1)C2. The Labute approximate surface area is 173 Å². The van der Waals surface area contributed by atoms with Crippen molar-refractivity contribution in [1.29, 1.82) is 0 Å². The van der Waals surface area contributed by atoms with Crippen LogP contribution in [0.25, 0.3) is 0 Å². The molecule has 2 fully saturated rings. The van der Waals surface area contributed by atoms with E-state index in [2.05, 4.69) is 11.9 Å². The van der Waals surface area contributed by atoms with E-state index in [9.17, 15) is 4.79 Å². The van der Waals surface area contributed by atoms with Crippen molar-refractivity contribution in [3.63, 3.8) is 0 Å². The maximum atomic E-state index is 13.2. The lowest BCUT2D eigenvalue weighted by molar-refractivity contribution is 0.0764. The van der Waals surface area contributed by atoms with Gasteiger partial charge in [-0.05, 0) is 32.1 Å². The van der Waals surface area contributed by atoms with E-state index in [0.717, 1.165) is 43.9 Å². The second kappa shape index (κ2) is 9.49. The lowest BCUT2D eigenvalue weighted by Gasteiger charge is -2.30. The molecular weight excluding hydrogens is 368 g/mol. The summed E-state index contributed by atoms with van der Waals surface area (Å²) < 4.78 is 2.02. The third-order valence-corrected chi connectivity index (χ3v) is 7.42. The van der Waals surface area contributed by atoms with Crippen LogP contribution in [-0.2, 0) is 19.4 Å². The smallest absolute Gasteiger partial charge is 0.274 e. The van der Waals surface area contributed by atoms with E-state index in [1.54, 1.807) is 0 Å². The number of carbonyl (C=O) groups is 1. The molecule has 1 aliphatic heterocycles. The van der Waals surface area contributed by atoms with Gasteiger partial charge in [0.25, 0.3) is 5.91 Å². The van der Waals surface area contributed by atoms with Gasteiger partial charge in [0, 0.05) is 47.9 Å². The van der Waals surface area contributed by atoms with Crippen LogP contribution in [0, 0.1) is 0 Å². The second-order valence-corrected chi connectivity index (χ2v) is 9.67. The Balaban J connectivity index is 1.52. The minimum Gasteiger partial charge on any atom is -0.336 e. The fourth-order valence-corrected chi connectivity index (χ4v) is 5.87. The van der Waals surface area contributed by atoms with Crippen molar-refractivity contribution in [3.05, 3.63) is 29.6 Å². The summed E-state index contributed by atoms with van der Waals surface area (Å²) in [5.41, 5.74) is 3.16. The van der Waals surface area contributed by atoms with Gasteiger partial charge in [0.05, 0.1) is 6.54 Å². The van der Waals surface area contributed by atoms with Gasteiger partial charge in [-0.15, -0.1) is 6.58 Å². The normalized spacial score (nSPS) is 23.9. The summed E-state index contributed by atoms with van der Waals surface area (Å²) >= 11 is 1.93. The zero-order chi connectivity index (χ0) is 19.3. The predicted octanol–water partition coefficient (Wildman–Crippen LogP) is 3.43. The third kappa shape index (κ3) is 4.48. The quantitative estimate of drug-likeness (QED) is 0.606. The Morgan fingerprint density at radius 3 is 2.61 bits per heavy atom. The molecule has 1 saturated carbocycles. The zero-order valence-corrected chi connectivity index (χ0v) is 17.8. The third-order valence-electron chi connectivity index (χ3n) is 6.48. The van der Waals surface area contributed by atoms with Crippen molar-refractivity contribution in [1.82, 2.24) is 20.0 Å². The van der Waals surface area contributed by atoms with Crippen molar-refractivity contribution < 1.29 is 4.79 Å². The van der Waals surface area contributed by atoms with E-state index in [1.807, 2.05) is 27.4 Å². The van der Waals surface area contributed by atoms with Crippen LogP contribution in [0.15, 0.2) is 12.7 Å². The number of aromatic nitrogens is 2. The molecule has 1 unspecified atom stereocenters. The Bertz CT molecular complexity index is 687. The molecule has 2 heterocycles. The fourth-order valence-electron chi connectivity index (χ4n) is 4.97. The Kier molecular flexibility index (Phi) is 6.78. The minimum atomic E-state index is 0.134. The molecule has 1 amide bonds. The van der Waals surface area contributed by atoms with Gasteiger partial charge in [0.2, 0.25) is 0 Å². The molecule has 4 rings (SSSR count). The second-order valence-electron chi connectivity index (χ2n) is 8.44. The van der Waals surface area contributed by atoms with Crippen LogP contribution >= 0.6 is 11.8 Å². The lowest BCUT2D eigenvalue weighted by Crippen LogP contribution is -2.42. The largest absolute Gasteiger partial charge is 0.336 e. The molecule has 0 aromatic carbocycles. The van der Waals surface area contributed by atoms with E-state index in [-0.39, 0.29) is 5.91 Å². The summed E-state index contributed by atoms with van der Waals surface area (Å²) in [5.74, 6) is 2.20. The van der Waals surface area contributed by atoms with Gasteiger partial charge in [-0.2, -0.15) is 16.9 Å². The van der Waals surface area contributed by atoms with Crippen molar-refractivity contribution >= 4 is 17.7 Å². The summed E-state index contributed by atoms with van der Waals surface area (Å²) in [7, 11) is 0. The van der Waals surface area contributed by atoms with E-state index < -0.39 is 0 Å². The first-order chi connectivity index (χ1) is 13.8. The molecule has 1 atom stereocenters. The molecule has 3 aliphatic rings. The molecular formula is C22H34N4OS. The first-order valence-corrected chi connectivity index (χ1v) is 12.2. The van der Waals surface area contributed by atoms with Crippen molar-refractivity contribution in [2.45, 2.75) is 76.4 Å². The maximum absolute atomic E-state index is 13.2. The lowest BCUT2D eigenvalue weighted by atomic mass is 9.90. The molecule has 1 saturated heterocycles. The molecule has 28 heavy (non-hydrogen) atoms. The average Bonchev–Trinajstić information content (AvgIpc) is 2.89. The molecule has 154 valence electrons. The van der Waals surface area contributed by atoms with Gasteiger partial charge in [-0.3, -0.25) is 9.48 Å². The van der Waals surface area contributed by atoms with Gasteiger partial charge in [0.1, 0.15) is 0 Å². The first kappa shape index (κ1) is 20.0. The first-order valence-electron chi connectivity index (χ1n) is 11.1. The molecule has 0 radical (unpaired) electrons. The summed E-state index contributed by atoms with van der Waals surface area (Å²) in [6.07, 6.45) is 13.0. The average molecular weight is 403 g/mol. The monoisotopic (exact) mass is 402 g/mol. The highest BCUT2D eigenvalue weighted by atomic mass is 32.2. The van der Waals surface area contributed by atoms with E-state index in [1.165, 1.54) is 49.8 Å². The molecule has 1 N–H and O–H groups in total. The van der Waals surface area contributed by atoms with Crippen LogP contribution in [0.1, 0.15) is 66.7 Å². The van der Waals surface area contributed by atoms with Crippen molar-refractivity contribution in [2.24, 2.45) is 0 Å². The zero-order valence-electron chi connectivity index (χ0n) is 17.0. The summed E-state index contributed by atoms with van der Waals surface area (Å²) in [5, 5.41) is 8.71. The molecule has 0 bridgehead atoms. The number of nitrogens with one attached hydrogen (secondary N) is 1.